The van der Waals surface area contributed by atoms with Gasteiger partial charge in [0.25, 0.3) is 0 Å². The van der Waals surface area contributed by atoms with E-state index in [2.05, 4.69) is 23.9 Å². The van der Waals surface area contributed by atoms with Gasteiger partial charge in [0.15, 0.2) is 0 Å². The van der Waals surface area contributed by atoms with Crippen LogP contribution in [0, 0.1) is 0 Å². The van der Waals surface area contributed by atoms with E-state index >= 15 is 0 Å². The molecule has 0 aliphatic rings. The van der Waals surface area contributed by atoms with Crippen LogP contribution in [0.1, 0.15) is 18.1 Å². The second-order valence-corrected chi connectivity index (χ2v) is 6.05. The first-order valence-corrected chi connectivity index (χ1v) is 7.32. The normalized spacial score (nSPS) is 11.4. The van der Waals surface area contributed by atoms with Gasteiger partial charge in [-0.1, -0.05) is 43.4 Å². The number of thiocarbonyl (C=S) groups is 1. The van der Waals surface area contributed by atoms with Crippen LogP contribution in [0.3, 0.4) is 0 Å². The number of rotatable bonds is 6. The molecule has 1 rings (SSSR count). The zero-order chi connectivity index (χ0) is 12.9. The lowest BCUT2D eigenvalue weighted by atomic mass is 10.1. The van der Waals surface area contributed by atoms with E-state index in [9.17, 15) is 8.42 Å². The fourth-order valence-electron chi connectivity index (χ4n) is 1.32. The molecule has 0 heterocycles. The smallest absolute Gasteiger partial charge is 0.218 e. The molecular formula is C11H16N2O2S2. The molecule has 0 saturated carbocycles. The molecular weight excluding hydrogens is 256 g/mol. The van der Waals surface area contributed by atoms with Crippen molar-refractivity contribution in [3.05, 3.63) is 35.4 Å². The van der Waals surface area contributed by atoms with Gasteiger partial charge in [-0.3, -0.25) is 0 Å². The van der Waals surface area contributed by atoms with Crippen LogP contribution in [0.4, 0.5) is 0 Å². The highest BCUT2D eigenvalue weighted by molar-refractivity contribution is 7.92. The molecule has 94 valence electrons. The molecule has 1 aromatic carbocycles. The van der Waals surface area contributed by atoms with Crippen LogP contribution in [-0.4, -0.2) is 19.2 Å². The summed E-state index contributed by atoms with van der Waals surface area (Å²) in [6.45, 7) is 2.33. The Kier molecular flexibility index (Phi) is 5.04. The molecule has 0 bridgehead atoms. The maximum atomic E-state index is 11.5. The summed E-state index contributed by atoms with van der Waals surface area (Å²) >= 11 is 4.57. The molecule has 0 amide bonds. The third kappa shape index (κ3) is 5.25. The molecule has 4 nitrogen and oxygen atoms in total. The van der Waals surface area contributed by atoms with Crippen molar-refractivity contribution in [2.45, 2.75) is 19.9 Å². The number of nitrogens with one attached hydrogen (secondary N) is 1. The summed E-state index contributed by atoms with van der Waals surface area (Å²) in [6.07, 6.45) is 0.966. The maximum Gasteiger partial charge on any atom is 0.218 e. The number of nitrogens with two attached hydrogens (primary N) is 1. The van der Waals surface area contributed by atoms with Crippen molar-refractivity contribution in [1.82, 2.24) is 4.72 Å². The lowest BCUT2D eigenvalue weighted by molar-refractivity contribution is 0.585. The Morgan fingerprint density at radius 3 is 2.29 bits per heavy atom. The van der Waals surface area contributed by atoms with E-state index in [1.54, 1.807) is 0 Å². The van der Waals surface area contributed by atoms with Crippen molar-refractivity contribution in [2.75, 3.05) is 5.75 Å². The van der Waals surface area contributed by atoms with Crippen molar-refractivity contribution in [1.29, 1.82) is 0 Å². The number of hydrogen-bond donors (Lipinski definition) is 2. The van der Waals surface area contributed by atoms with Crippen LogP contribution in [0.5, 0.6) is 0 Å². The number of hydrogen-bond acceptors (Lipinski definition) is 3. The fourth-order valence-corrected chi connectivity index (χ4v) is 2.65. The SMILES string of the molecule is CCc1ccc(CNS(=O)(=O)CC(N)=S)cc1. The van der Waals surface area contributed by atoms with Crippen LogP contribution in [0.2, 0.25) is 0 Å². The first-order chi connectivity index (χ1) is 7.93. The summed E-state index contributed by atoms with van der Waals surface area (Å²) in [6, 6.07) is 7.78. The van der Waals surface area contributed by atoms with Gasteiger partial charge in [-0.15, -0.1) is 0 Å². The van der Waals surface area contributed by atoms with Crippen LogP contribution >= 0.6 is 12.2 Å². The Hall–Kier alpha value is -0.980. The average Bonchev–Trinajstić information content (AvgIpc) is 2.25. The summed E-state index contributed by atoms with van der Waals surface area (Å²) < 4.78 is 25.4. The van der Waals surface area contributed by atoms with Crippen LogP contribution in [0.15, 0.2) is 24.3 Å². The number of sulfonamides is 1. The predicted molar refractivity (Wildman–Crippen MR) is 73.2 cm³/mol. The number of benzene rings is 1. The zero-order valence-corrected chi connectivity index (χ0v) is 11.3. The Balaban J connectivity index is 2.58. The topological polar surface area (TPSA) is 72.2 Å². The van der Waals surface area contributed by atoms with E-state index in [4.69, 9.17) is 5.73 Å². The third-order valence-electron chi connectivity index (χ3n) is 2.26. The quantitative estimate of drug-likeness (QED) is 0.756. The van der Waals surface area contributed by atoms with Crippen molar-refractivity contribution < 1.29 is 8.42 Å². The maximum absolute atomic E-state index is 11.5. The standard InChI is InChI=1S/C11H16N2O2S2/c1-2-9-3-5-10(6-4-9)7-13-17(14,15)8-11(12)16/h3-6,13H,2,7-8H2,1H3,(H2,12,16). The highest BCUT2D eigenvalue weighted by atomic mass is 32.2. The van der Waals surface area contributed by atoms with Crippen LogP contribution < -0.4 is 10.5 Å². The molecule has 0 atom stereocenters. The minimum absolute atomic E-state index is 0.0289. The summed E-state index contributed by atoms with van der Waals surface area (Å²) in [7, 11) is -3.41. The van der Waals surface area contributed by atoms with Gasteiger partial charge < -0.3 is 5.73 Å². The second kappa shape index (κ2) is 6.09. The van der Waals surface area contributed by atoms with E-state index in [0.29, 0.717) is 0 Å². The predicted octanol–water partition coefficient (Wildman–Crippen LogP) is 0.954. The molecule has 17 heavy (non-hydrogen) atoms. The minimum Gasteiger partial charge on any atom is -0.392 e. The summed E-state index contributed by atoms with van der Waals surface area (Å²) in [5, 5.41) is 0. The molecule has 0 spiro atoms. The van der Waals surface area contributed by atoms with Crippen molar-refractivity contribution in [2.24, 2.45) is 5.73 Å². The lowest BCUT2D eigenvalue weighted by Crippen LogP contribution is -2.31. The van der Waals surface area contributed by atoms with Crippen molar-refractivity contribution in [3.63, 3.8) is 0 Å². The Morgan fingerprint density at radius 1 is 1.29 bits per heavy atom. The van der Waals surface area contributed by atoms with E-state index in [1.165, 1.54) is 5.56 Å². The van der Waals surface area contributed by atoms with Crippen LogP contribution in [0.25, 0.3) is 0 Å². The van der Waals surface area contributed by atoms with E-state index < -0.39 is 10.0 Å². The van der Waals surface area contributed by atoms with Gasteiger partial charge in [0.2, 0.25) is 10.0 Å². The molecule has 0 unspecified atom stereocenters. The highest BCUT2D eigenvalue weighted by Gasteiger charge is 2.10. The molecule has 1 aromatic rings. The molecule has 0 aromatic heterocycles. The largest absolute Gasteiger partial charge is 0.392 e. The van der Waals surface area contributed by atoms with Gasteiger partial charge in [0, 0.05) is 6.54 Å². The van der Waals surface area contributed by atoms with E-state index in [-0.39, 0.29) is 17.3 Å². The first-order valence-electron chi connectivity index (χ1n) is 5.26. The average molecular weight is 272 g/mol. The zero-order valence-electron chi connectivity index (χ0n) is 9.64. The fraction of sp³-hybridized carbons (Fsp3) is 0.364. The number of aryl methyl sites for hydroxylation is 1. The Labute approximate surface area is 107 Å². The summed E-state index contributed by atoms with van der Waals surface area (Å²) in [4.78, 5) is -0.0289. The highest BCUT2D eigenvalue weighted by Crippen LogP contribution is 2.05. The second-order valence-electron chi connectivity index (χ2n) is 3.72. The Morgan fingerprint density at radius 2 is 1.82 bits per heavy atom. The van der Waals surface area contributed by atoms with Crippen molar-refractivity contribution in [3.8, 4) is 0 Å². The molecule has 6 heteroatoms. The van der Waals surface area contributed by atoms with Crippen molar-refractivity contribution >= 4 is 27.2 Å². The van der Waals surface area contributed by atoms with E-state index in [0.717, 1.165) is 12.0 Å². The van der Waals surface area contributed by atoms with Gasteiger partial charge in [-0.25, -0.2) is 13.1 Å². The molecule has 0 saturated heterocycles. The Bertz CT molecular complexity index is 481. The monoisotopic (exact) mass is 272 g/mol. The third-order valence-corrected chi connectivity index (χ3v) is 3.86. The molecule has 3 N–H and O–H groups in total. The minimum atomic E-state index is -3.41. The lowest BCUT2D eigenvalue weighted by Gasteiger charge is -2.06. The van der Waals surface area contributed by atoms with Gasteiger partial charge in [0.05, 0.1) is 4.99 Å². The first kappa shape index (κ1) is 14.1. The van der Waals surface area contributed by atoms with Gasteiger partial charge >= 0.3 is 0 Å². The summed E-state index contributed by atoms with van der Waals surface area (Å²) in [5.74, 6) is -0.310. The van der Waals surface area contributed by atoms with Gasteiger partial charge in [0.1, 0.15) is 5.75 Å². The molecule has 0 aliphatic carbocycles. The molecule has 0 aliphatic heterocycles. The van der Waals surface area contributed by atoms with Crippen LogP contribution in [-0.2, 0) is 23.0 Å². The molecule has 0 fully saturated rings. The van der Waals surface area contributed by atoms with Gasteiger partial charge in [-0.05, 0) is 17.5 Å². The van der Waals surface area contributed by atoms with Gasteiger partial charge in [-0.2, -0.15) is 0 Å². The summed E-state index contributed by atoms with van der Waals surface area (Å²) in [5.41, 5.74) is 7.33. The molecule has 0 radical (unpaired) electrons. The van der Waals surface area contributed by atoms with E-state index in [1.807, 2.05) is 24.3 Å².